The van der Waals surface area contributed by atoms with Crippen LogP contribution in [0.2, 0.25) is 0 Å². The highest BCUT2D eigenvalue weighted by molar-refractivity contribution is 7.99. The number of hydrogen-bond acceptors (Lipinski definition) is 6. The van der Waals surface area contributed by atoms with Gasteiger partial charge >= 0.3 is 5.97 Å². The van der Waals surface area contributed by atoms with E-state index in [1.54, 1.807) is 31.0 Å². The minimum atomic E-state index is -0.371. The minimum Gasteiger partial charge on any atom is -0.462 e. The molecule has 1 aromatic heterocycles. The Balaban J connectivity index is 2.18. The van der Waals surface area contributed by atoms with Gasteiger partial charge in [-0.3, -0.25) is 4.79 Å². The summed E-state index contributed by atoms with van der Waals surface area (Å²) < 4.78 is 7.04. The molecule has 0 aliphatic rings. The summed E-state index contributed by atoms with van der Waals surface area (Å²) >= 11 is 1.35. The lowest BCUT2D eigenvalue weighted by molar-refractivity contribution is -0.127. The number of carbonyl (C=O) groups is 2. The molecule has 1 heterocycles. The Hall–Kier alpha value is -2.53. The summed E-state index contributed by atoms with van der Waals surface area (Å²) in [4.78, 5) is 30.2. The van der Waals surface area contributed by atoms with E-state index in [4.69, 9.17) is 10.00 Å². The molecule has 138 valence electrons. The molecule has 0 aliphatic heterocycles. The minimum absolute atomic E-state index is 0.0489. The second-order valence-electron chi connectivity index (χ2n) is 5.57. The highest BCUT2D eigenvalue weighted by Crippen LogP contribution is 2.25. The maximum atomic E-state index is 12.1. The number of carbonyl (C=O) groups excluding carboxylic acids is 2. The number of amides is 1. The number of ether oxygens (including phenoxy) is 1. The van der Waals surface area contributed by atoms with Crippen LogP contribution in [0.5, 0.6) is 0 Å². The van der Waals surface area contributed by atoms with E-state index in [2.05, 4.69) is 4.98 Å². The molecule has 0 spiro atoms. The fourth-order valence-corrected chi connectivity index (χ4v) is 3.46. The van der Waals surface area contributed by atoms with Crippen LogP contribution in [0.1, 0.15) is 30.6 Å². The zero-order valence-electron chi connectivity index (χ0n) is 15.2. The van der Waals surface area contributed by atoms with Crippen molar-refractivity contribution < 1.29 is 14.3 Å². The van der Waals surface area contributed by atoms with Crippen molar-refractivity contribution in [2.45, 2.75) is 32.0 Å². The van der Waals surface area contributed by atoms with Gasteiger partial charge in [0.1, 0.15) is 0 Å². The molecule has 1 amide bonds. The second kappa shape index (κ2) is 9.25. The molecule has 2 aromatic rings. The summed E-state index contributed by atoms with van der Waals surface area (Å²) in [6.45, 7) is 5.22. The first-order valence-electron chi connectivity index (χ1n) is 8.42. The third-order valence-electron chi connectivity index (χ3n) is 3.85. The quantitative estimate of drug-likeness (QED) is 0.521. The highest BCUT2D eigenvalue weighted by Gasteiger charge is 2.16. The lowest BCUT2D eigenvalue weighted by atomic mass is 10.2. The Morgan fingerprint density at radius 3 is 2.81 bits per heavy atom. The third kappa shape index (κ3) is 4.55. The molecule has 0 unspecified atom stereocenters. The number of thioether (sulfide) groups is 1. The van der Waals surface area contributed by atoms with Gasteiger partial charge in [-0.15, -0.1) is 0 Å². The SMILES string of the molecule is CCOC(=O)c1ccc2c(c1)nc(SCC(=O)N(C)CCC#N)n2CC. The second-order valence-corrected chi connectivity index (χ2v) is 6.52. The Labute approximate surface area is 156 Å². The number of hydrogen-bond donors (Lipinski definition) is 0. The first kappa shape index (κ1) is 19.8. The van der Waals surface area contributed by atoms with Gasteiger partial charge in [-0.2, -0.15) is 5.26 Å². The Morgan fingerprint density at radius 2 is 2.15 bits per heavy atom. The lowest BCUT2D eigenvalue weighted by Crippen LogP contribution is -2.29. The number of nitrogens with zero attached hydrogens (tertiary/aromatic N) is 4. The highest BCUT2D eigenvalue weighted by atomic mass is 32.2. The van der Waals surface area contributed by atoms with E-state index in [0.29, 0.717) is 37.2 Å². The van der Waals surface area contributed by atoms with E-state index >= 15 is 0 Å². The molecule has 0 N–H and O–H groups in total. The number of aryl methyl sites for hydroxylation is 1. The predicted octanol–water partition coefficient (Wildman–Crippen LogP) is 2.70. The number of rotatable bonds is 8. The van der Waals surface area contributed by atoms with E-state index in [-0.39, 0.29) is 17.6 Å². The maximum absolute atomic E-state index is 12.1. The van der Waals surface area contributed by atoms with E-state index in [0.717, 1.165) is 10.7 Å². The van der Waals surface area contributed by atoms with Crippen LogP contribution < -0.4 is 0 Å². The number of benzene rings is 1. The molecule has 26 heavy (non-hydrogen) atoms. The van der Waals surface area contributed by atoms with Gasteiger partial charge in [0, 0.05) is 20.1 Å². The molecule has 1 aromatic carbocycles. The average molecular weight is 374 g/mol. The molecule has 0 aliphatic carbocycles. The molecular formula is C18H22N4O3S. The molecule has 0 bridgehead atoms. The largest absolute Gasteiger partial charge is 0.462 e. The van der Waals surface area contributed by atoms with Crippen LogP contribution in [-0.4, -0.2) is 52.3 Å². The number of imidazole rings is 1. The molecule has 0 radical (unpaired) electrons. The van der Waals surface area contributed by atoms with Gasteiger partial charge in [-0.1, -0.05) is 11.8 Å². The molecule has 0 saturated heterocycles. The van der Waals surface area contributed by atoms with Crippen molar-refractivity contribution in [2.75, 3.05) is 26.0 Å². The molecule has 0 atom stereocenters. The summed E-state index contributed by atoms with van der Waals surface area (Å²) in [6.07, 6.45) is 0.316. The molecule has 2 rings (SSSR count). The van der Waals surface area contributed by atoms with Gasteiger partial charge in [0.15, 0.2) is 5.16 Å². The zero-order valence-corrected chi connectivity index (χ0v) is 16.0. The first-order valence-corrected chi connectivity index (χ1v) is 9.41. The average Bonchev–Trinajstić information content (AvgIpc) is 3.00. The first-order chi connectivity index (χ1) is 12.5. The fraction of sp³-hybridized carbons (Fsp3) is 0.444. The van der Waals surface area contributed by atoms with Crippen molar-refractivity contribution in [1.29, 1.82) is 5.26 Å². The van der Waals surface area contributed by atoms with Crippen LogP contribution in [0.25, 0.3) is 11.0 Å². The lowest BCUT2D eigenvalue weighted by Gasteiger charge is -2.15. The van der Waals surface area contributed by atoms with Gasteiger partial charge in [-0.05, 0) is 32.0 Å². The summed E-state index contributed by atoms with van der Waals surface area (Å²) in [5.41, 5.74) is 2.07. The van der Waals surface area contributed by atoms with Crippen molar-refractivity contribution in [1.82, 2.24) is 14.5 Å². The standard InChI is InChI=1S/C18H22N4O3S/c1-4-22-15-8-7-13(17(24)25-5-2)11-14(15)20-18(22)26-12-16(23)21(3)10-6-9-19/h7-8,11H,4-6,10,12H2,1-3H3. The van der Waals surface area contributed by atoms with Gasteiger partial charge < -0.3 is 14.2 Å². The summed E-state index contributed by atoms with van der Waals surface area (Å²) in [5.74, 6) is -0.174. The van der Waals surface area contributed by atoms with Crippen LogP contribution in [-0.2, 0) is 16.1 Å². The Bertz CT molecular complexity index is 841. The van der Waals surface area contributed by atoms with Crippen molar-refractivity contribution in [3.63, 3.8) is 0 Å². The molecule has 8 heteroatoms. The number of fused-ring (bicyclic) bond motifs is 1. The van der Waals surface area contributed by atoms with Gasteiger partial charge in [-0.25, -0.2) is 9.78 Å². The van der Waals surface area contributed by atoms with E-state index in [9.17, 15) is 9.59 Å². The van der Waals surface area contributed by atoms with Crippen molar-refractivity contribution >= 4 is 34.7 Å². The van der Waals surface area contributed by atoms with E-state index < -0.39 is 0 Å². The van der Waals surface area contributed by atoms with Gasteiger partial charge in [0.25, 0.3) is 0 Å². The van der Waals surface area contributed by atoms with Crippen molar-refractivity contribution in [3.05, 3.63) is 23.8 Å². The van der Waals surface area contributed by atoms with Crippen LogP contribution in [0.15, 0.2) is 23.4 Å². The third-order valence-corrected chi connectivity index (χ3v) is 4.81. The van der Waals surface area contributed by atoms with Crippen molar-refractivity contribution in [3.8, 4) is 6.07 Å². The van der Waals surface area contributed by atoms with Crippen LogP contribution in [0, 0.1) is 11.3 Å². The van der Waals surface area contributed by atoms with E-state index in [1.807, 2.05) is 23.6 Å². The topological polar surface area (TPSA) is 88.2 Å². The van der Waals surface area contributed by atoms with E-state index in [1.165, 1.54) is 11.8 Å². The number of nitriles is 1. The molecule has 0 saturated carbocycles. The number of esters is 1. The zero-order chi connectivity index (χ0) is 19.1. The summed E-state index contributed by atoms with van der Waals surface area (Å²) in [5, 5.41) is 9.34. The Kier molecular flexibility index (Phi) is 7.04. The molecule has 0 fully saturated rings. The number of aromatic nitrogens is 2. The van der Waals surface area contributed by atoms with Crippen LogP contribution in [0.4, 0.5) is 0 Å². The predicted molar refractivity (Wildman–Crippen MR) is 100.0 cm³/mol. The maximum Gasteiger partial charge on any atom is 0.338 e. The molecular weight excluding hydrogens is 352 g/mol. The monoisotopic (exact) mass is 374 g/mol. The van der Waals surface area contributed by atoms with Gasteiger partial charge in [0.2, 0.25) is 5.91 Å². The van der Waals surface area contributed by atoms with Crippen LogP contribution >= 0.6 is 11.8 Å². The summed E-state index contributed by atoms with van der Waals surface area (Å²) in [6, 6.07) is 7.32. The normalized spacial score (nSPS) is 10.5. The smallest absolute Gasteiger partial charge is 0.338 e. The molecule has 7 nitrogen and oxygen atoms in total. The summed E-state index contributed by atoms with van der Waals surface area (Å²) in [7, 11) is 1.69. The van der Waals surface area contributed by atoms with Crippen LogP contribution in [0.3, 0.4) is 0 Å². The fourth-order valence-electron chi connectivity index (χ4n) is 2.44. The Morgan fingerprint density at radius 1 is 1.38 bits per heavy atom. The van der Waals surface area contributed by atoms with Gasteiger partial charge in [0.05, 0.1) is 41.4 Å². The van der Waals surface area contributed by atoms with Crippen molar-refractivity contribution in [2.24, 2.45) is 0 Å².